The van der Waals surface area contributed by atoms with E-state index >= 15 is 0 Å². The third kappa shape index (κ3) is 3.87. The highest BCUT2D eigenvalue weighted by atomic mass is 79.9. The number of methoxy groups -OCH3 is 1. The number of hydrogen-bond acceptors (Lipinski definition) is 2. The summed E-state index contributed by atoms with van der Waals surface area (Å²) in [6.45, 7) is 6.47. The van der Waals surface area contributed by atoms with E-state index in [0.29, 0.717) is 0 Å². The fourth-order valence-corrected chi connectivity index (χ4v) is 2.39. The first-order valence-corrected chi connectivity index (χ1v) is 9.41. The molecular formula is C11H17BrO2Si. The lowest BCUT2D eigenvalue weighted by molar-refractivity contribution is 0.392. The minimum absolute atomic E-state index is 0.814. The number of ether oxygens (including phenoxy) is 1. The van der Waals surface area contributed by atoms with Crippen LogP contribution in [-0.4, -0.2) is 15.4 Å². The summed E-state index contributed by atoms with van der Waals surface area (Å²) in [5.41, 5.74) is 1.19. The molecule has 0 aliphatic carbocycles. The van der Waals surface area contributed by atoms with Gasteiger partial charge >= 0.3 is 0 Å². The summed E-state index contributed by atoms with van der Waals surface area (Å²) in [6, 6.07) is 6.03. The third-order valence-corrected chi connectivity index (χ3v) is 3.28. The first-order valence-electron chi connectivity index (χ1n) is 4.88. The lowest BCUT2D eigenvalue weighted by Crippen LogP contribution is -2.29. The second kappa shape index (κ2) is 5.03. The van der Waals surface area contributed by atoms with E-state index < -0.39 is 8.32 Å². The smallest absolute Gasteiger partial charge is 0.242 e. The summed E-state index contributed by atoms with van der Waals surface area (Å²) in [5.74, 6) is 1.66. The molecule has 0 amide bonds. The first kappa shape index (κ1) is 12.6. The average molecular weight is 289 g/mol. The Kier molecular flexibility index (Phi) is 4.22. The molecule has 2 nitrogen and oxygen atoms in total. The lowest BCUT2D eigenvalue weighted by atomic mass is 10.2. The molecule has 0 radical (unpaired) electrons. The number of rotatable bonds is 4. The first-order chi connectivity index (χ1) is 6.96. The van der Waals surface area contributed by atoms with Crippen molar-refractivity contribution in [3.05, 3.63) is 23.8 Å². The van der Waals surface area contributed by atoms with Crippen LogP contribution >= 0.6 is 15.9 Å². The SMILES string of the molecule is COc1cc(CBr)ccc1O[Si](C)(C)C. The highest BCUT2D eigenvalue weighted by Crippen LogP contribution is 2.30. The molecule has 0 fully saturated rings. The van der Waals surface area contributed by atoms with Crippen LogP contribution in [0.4, 0.5) is 0 Å². The Bertz CT molecular complexity index is 334. The summed E-state index contributed by atoms with van der Waals surface area (Å²) in [7, 11) is 0.106. The molecule has 0 saturated heterocycles. The molecule has 1 rings (SSSR count). The van der Waals surface area contributed by atoms with Gasteiger partial charge in [-0.3, -0.25) is 0 Å². The van der Waals surface area contributed by atoms with E-state index in [0.717, 1.165) is 16.8 Å². The van der Waals surface area contributed by atoms with Crippen molar-refractivity contribution < 1.29 is 9.16 Å². The lowest BCUT2D eigenvalue weighted by Gasteiger charge is -2.21. The topological polar surface area (TPSA) is 18.5 Å². The minimum atomic E-state index is -1.56. The molecule has 0 bridgehead atoms. The summed E-state index contributed by atoms with van der Waals surface area (Å²) in [4.78, 5) is 0. The summed E-state index contributed by atoms with van der Waals surface area (Å²) < 4.78 is 11.2. The monoisotopic (exact) mass is 288 g/mol. The highest BCUT2D eigenvalue weighted by Gasteiger charge is 2.18. The normalized spacial score (nSPS) is 11.3. The van der Waals surface area contributed by atoms with E-state index in [1.54, 1.807) is 7.11 Å². The van der Waals surface area contributed by atoms with Crippen LogP contribution in [0.15, 0.2) is 18.2 Å². The number of halogens is 1. The van der Waals surface area contributed by atoms with Crippen molar-refractivity contribution in [3.63, 3.8) is 0 Å². The number of benzene rings is 1. The Labute approximate surface area is 101 Å². The van der Waals surface area contributed by atoms with Crippen molar-refractivity contribution in [1.82, 2.24) is 0 Å². The van der Waals surface area contributed by atoms with E-state index in [2.05, 4.69) is 35.6 Å². The molecule has 0 aromatic heterocycles. The van der Waals surface area contributed by atoms with Crippen molar-refractivity contribution in [2.24, 2.45) is 0 Å². The van der Waals surface area contributed by atoms with Crippen molar-refractivity contribution in [3.8, 4) is 11.5 Å². The molecule has 1 aromatic rings. The van der Waals surface area contributed by atoms with Crippen LogP contribution in [0.25, 0.3) is 0 Å². The van der Waals surface area contributed by atoms with Gasteiger partial charge in [0.05, 0.1) is 7.11 Å². The highest BCUT2D eigenvalue weighted by molar-refractivity contribution is 9.08. The molecule has 15 heavy (non-hydrogen) atoms. The van der Waals surface area contributed by atoms with Gasteiger partial charge in [0, 0.05) is 5.33 Å². The molecule has 0 heterocycles. The average Bonchev–Trinajstić information content (AvgIpc) is 2.16. The van der Waals surface area contributed by atoms with Crippen molar-refractivity contribution in [2.75, 3.05) is 7.11 Å². The molecule has 0 atom stereocenters. The molecule has 0 saturated carbocycles. The second-order valence-electron chi connectivity index (χ2n) is 4.33. The summed E-state index contributed by atoms with van der Waals surface area (Å²) in [6.07, 6.45) is 0. The third-order valence-electron chi connectivity index (χ3n) is 1.80. The number of hydrogen-bond donors (Lipinski definition) is 0. The maximum Gasteiger partial charge on any atom is 0.242 e. The summed E-state index contributed by atoms with van der Waals surface area (Å²) in [5, 5.41) is 0.830. The maximum atomic E-state index is 5.92. The molecule has 0 aliphatic rings. The van der Waals surface area contributed by atoms with Gasteiger partial charge in [0.15, 0.2) is 5.75 Å². The molecule has 84 valence electrons. The van der Waals surface area contributed by atoms with Crippen molar-refractivity contribution in [1.29, 1.82) is 0 Å². The van der Waals surface area contributed by atoms with Crippen LogP contribution in [0.5, 0.6) is 11.5 Å². The molecule has 0 N–H and O–H groups in total. The molecule has 4 heteroatoms. The van der Waals surface area contributed by atoms with Crippen molar-refractivity contribution in [2.45, 2.75) is 25.0 Å². The molecular weight excluding hydrogens is 272 g/mol. The van der Waals surface area contributed by atoms with E-state index in [1.807, 2.05) is 18.2 Å². The van der Waals surface area contributed by atoms with Gasteiger partial charge in [0.25, 0.3) is 0 Å². The van der Waals surface area contributed by atoms with Gasteiger partial charge in [-0.25, -0.2) is 0 Å². The molecule has 0 unspecified atom stereocenters. The Balaban J connectivity index is 2.97. The molecule has 0 spiro atoms. The Morgan fingerprint density at radius 1 is 1.20 bits per heavy atom. The van der Waals surface area contributed by atoms with Gasteiger partial charge in [-0.15, -0.1) is 0 Å². The van der Waals surface area contributed by atoms with Crippen LogP contribution in [-0.2, 0) is 5.33 Å². The Hall–Kier alpha value is -0.483. The fraction of sp³-hybridized carbons (Fsp3) is 0.455. The predicted octanol–water partition coefficient (Wildman–Crippen LogP) is 3.80. The van der Waals surface area contributed by atoms with Crippen molar-refractivity contribution >= 4 is 24.2 Å². The van der Waals surface area contributed by atoms with Gasteiger partial charge in [0.1, 0.15) is 5.75 Å². The van der Waals surface area contributed by atoms with E-state index in [1.165, 1.54) is 5.56 Å². The number of alkyl halides is 1. The zero-order chi connectivity index (χ0) is 11.5. The Morgan fingerprint density at radius 3 is 2.33 bits per heavy atom. The zero-order valence-electron chi connectivity index (χ0n) is 9.63. The zero-order valence-corrected chi connectivity index (χ0v) is 12.2. The maximum absolute atomic E-state index is 5.92. The molecule has 0 aliphatic heterocycles. The van der Waals surface area contributed by atoms with Crippen LogP contribution in [0.1, 0.15) is 5.56 Å². The fourth-order valence-electron chi connectivity index (χ4n) is 1.21. The van der Waals surface area contributed by atoms with E-state index in [9.17, 15) is 0 Å². The predicted molar refractivity (Wildman–Crippen MR) is 69.6 cm³/mol. The van der Waals surface area contributed by atoms with Crippen LogP contribution in [0, 0.1) is 0 Å². The van der Waals surface area contributed by atoms with E-state index in [4.69, 9.17) is 9.16 Å². The van der Waals surface area contributed by atoms with Crippen LogP contribution < -0.4 is 9.16 Å². The largest absolute Gasteiger partial charge is 0.542 e. The van der Waals surface area contributed by atoms with Gasteiger partial charge in [-0.05, 0) is 37.3 Å². The van der Waals surface area contributed by atoms with Gasteiger partial charge in [0.2, 0.25) is 8.32 Å². The van der Waals surface area contributed by atoms with Crippen LogP contribution in [0.2, 0.25) is 19.6 Å². The van der Waals surface area contributed by atoms with Gasteiger partial charge in [-0.2, -0.15) is 0 Å². The standard InChI is InChI=1S/C11H17BrO2Si/c1-13-11-7-9(8-12)5-6-10(11)14-15(2,3)4/h5-7H,8H2,1-4H3. The second-order valence-corrected chi connectivity index (χ2v) is 9.32. The van der Waals surface area contributed by atoms with E-state index in [-0.39, 0.29) is 0 Å². The van der Waals surface area contributed by atoms with Gasteiger partial charge < -0.3 is 9.16 Å². The van der Waals surface area contributed by atoms with Crippen LogP contribution in [0.3, 0.4) is 0 Å². The molecule has 1 aromatic carbocycles. The quantitative estimate of drug-likeness (QED) is 0.620. The van der Waals surface area contributed by atoms with Gasteiger partial charge in [-0.1, -0.05) is 22.0 Å². The summed E-state index contributed by atoms with van der Waals surface area (Å²) >= 11 is 3.42. The minimum Gasteiger partial charge on any atom is -0.542 e. The Morgan fingerprint density at radius 2 is 1.87 bits per heavy atom.